The summed E-state index contributed by atoms with van der Waals surface area (Å²) >= 11 is 3.46. The lowest BCUT2D eigenvalue weighted by Gasteiger charge is -2.22. The Bertz CT molecular complexity index is 596. The third-order valence-electron chi connectivity index (χ3n) is 3.29. The Labute approximate surface area is 126 Å². The van der Waals surface area contributed by atoms with Crippen molar-refractivity contribution >= 4 is 21.8 Å². The average molecular weight is 337 g/mol. The first-order chi connectivity index (χ1) is 9.56. The van der Waals surface area contributed by atoms with E-state index < -0.39 is 0 Å². The number of nitrogens with zero attached hydrogens (tertiary/aromatic N) is 2. The highest BCUT2D eigenvalue weighted by atomic mass is 79.9. The first kappa shape index (κ1) is 14.7. The fraction of sp³-hybridized carbons (Fsp3) is 0.286. The topological polar surface area (TPSA) is 75.0 Å². The quantitative estimate of drug-likeness (QED) is 0.899. The molecule has 1 atom stereocenters. The van der Waals surface area contributed by atoms with E-state index in [1.54, 1.807) is 11.9 Å². The number of halogens is 1. The minimum absolute atomic E-state index is 0.0297. The lowest BCUT2D eigenvalue weighted by Crippen LogP contribution is -2.40. The van der Waals surface area contributed by atoms with Crippen LogP contribution in [-0.2, 0) is 0 Å². The molecule has 1 aromatic carbocycles. The number of likely N-dealkylation sites (N-methyl/N-ethyl adjacent to an activating group) is 1. The van der Waals surface area contributed by atoms with Crippen molar-refractivity contribution in [2.75, 3.05) is 13.6 Å². The van der Waals surface area contributed by atoms with E-state index in [2.05, 4.69) is 26.1 Å². The number of H-pyrrole nitrogens is 1. The van der Waals surface area contributed by atoms with E-state index in [9.17, 15) is 4.79 Å². The summed E-state index contributed by atoms with van der Waals surface area (Å²) in [5, 5.41) is 7.03. The zero-order valence-electron chi connectivity index (χ0n) is 11.4. The van der Waals surface area contributed by atoms with Crippen LogP contribution in [0.25, 0.3) is 11.3 Å². The molecule has 0 aliphatic rings. The van der Waals surface area contributed by atoms with Crippen LogP contribution in [-0.4, -0.2) is 40.6 Å². The number of hydrogen-bond donors (Lipinski definition) is 2. The van der Waals surface area contributed by atoms with Crippen LogP contribution in [0.4, 0.5) is 0 Å². The average Bonchev–Trinajstić information content (AvgIpc) is 2.87. The van der Waals surface area contributed by atoms with Crippen LogP contribution in [0.3, 0.4) is 0 Å². The number of amides is 1. The third kappa shape index (κ3) is 2.76. The predicted octanol–water partition coefficient (Wildman–Crippen LogP) is 2.26. The van der Waals surface area contributed by atoms with Crippen molar-refractivity contribution in [2.45, 2.75) is 13.0 Å². The summed E-state index contributed by atoms with van der Waals surface area (Å²) < 4.78 is 0.671. The van der Waals surface area contributed by atoms with Crippen molar-refractivity contribution in [3.8, 4) is 11.3 Å². The molecular weight excluding hydrogens is 320 g/mol. The summed E-state index contributed by atoms with van der Waals surface area (Å²) in [7, 11) is 1.73. The van der Waals surface area contributed by atoms with E-state index in [0.717, 1.165) is 11.3 Å². The van der Waals surface area contributed by atoms with Gasteiger partial charge in [0.1, 0.15) is 11.4 Å². The number of benzene rings is 1. The van der Waals surface area contributed by atoms with E-state index in [1.807, 2.05) is 37.3 Å². The molecule has 106 valence electrons. The number of carbonyl (C=O) groups is 1. The van der Waals surface area contributed by atoms with Crippen LogP contribution in [0, 0.1) is 0 Å². The van der Waals surface area contributed by atoms with Crippen LogP contribution < -0.4 is 5.73 Å². The summed E-state index contributed by atoms with van der Waals surface area (Å²) in [6, 6.07) is 9.66. The molecule has 1 aromatic heterocycles. The van der Waals surface area contributed by atoms with Crippen molar-refractivity contribution in [1.29, 1.82) is 0 Å². The van der Waals surface area contributed by atoms with Gasteiger partial charge in [0.15, 0.2) is 0 Å². The Kier molecular flexibility index (Phi) is 4.57. The maximum absolute atomic E-state index is 12.4. The monoisotopic (exact) mass is 336 g/mol. The van der Waals surface area contributed by atoms with Gasteiger partial charge in [-0.2, -0.15) is 5.10 Å². The SMILES string of the molecule is CC(CN)N(C)C(=O)c1[nH]nc(-c2ccccc2)c1Br. The number of rotatable bonds is 4. The molecule has 0 aliphatic carbocycles. The van der Waals surface area contributed by atoms with Gasteiger partial charge < -0.3 is 10.6 Å². The number of aromatic amines is 1. The Morgan fingerprint density at radius 1 is 1.45 bits per heavy atom. The molecule has 0 spiro atoms. The van der Waals surface area contributed by atoms with Crippen LogP contribution >= 0.6 is 15.9 Å². The van der Waals surface area contributed by atoms with Gasteiger partial charge >= 0.3 is 0 Å². The molecule has 0 radical (unpaired) electrons. The van der Waals surface area contributed by atoms with Crippen molar-refractivity contribution in [2.24, 2.45) is 5.73 Å². The maximum Gasteiger partial charge on any atom is 0.273 e. The Morgan fingerprint density at radius 3 is 2.70 bits per heavy atom. The number of nitrogens with one attached hydrogen (secondary N) is 1. The Morgan fingerprint density at radius 2 is 2.10 bits per heavy atom. The van der Waals surface area contributed by atoms with Gasteiger partial charge in [0.25, 0.3) is 5.91 Å². The van der Waals surface area contributed by atoms with Crippen LogP contribution in [0.1, 0.15) is 17.4 Å². The summed E-state index contributed by atoms with van der Waals surface area (Å²) in [6.07, 6.45) is 0. The van der Waals surface area contributed by atoms with Gasteiger partial charge in [-0.15, -0.1) is 0 Å². The maximum atomic E-state index is 12.4. The fourth-order valence-electron chi connectivity index (χ4n) is 1.79. The molecule has 0 fully saturated rings. The summed E-state index contributed by atoms with van der Waals surface area (Å²) in [4.78, 5) is 14.0. The highest BCUT2D eigenvalue weighted by Gasteiger charge is 2.23. The number of nitrogens with two attached hydrogens (primary N) is 1. The van der Waals surface area contributed by atoms with E-state index in [0.29, 0.717) is 16.7 Å². The van der Waals surface area contributed by atoms with Gasteiger partial charge in [-0.05, 0) is 22.9 Å². The summed E-state index contributed by atoms with van der Waals surface area (Å²) in [5.74, 6) is -0.135. The van der Waals surface area contributed by atoms with Crippen molar-refractivity contribution in [1.82, 2.24) is 15.1 Å². The number of carbonyl (C=O) groups excluding carboxylic acids is 1. The lowest BCUT2D eigenvalue weighted by molar-refractivity contribution is 0.0741. The van der Waals surface area contributed by atoms with Crippen molar-refractivity contribution < 1.29 is 4.79 Å². The van der Waals surface area contributed by atoms with Gasteiger partial charge in [0, 0.05) is 25.2 Å². The molecule has 5 nitrogen and oxygen atoms in total. The molecule has 1 unspecified atom stereocenters. The zero-order chi connectivity index (χ0) is 14.7. The van der Waals surface area contributed by atoms with E-state index in [-0.39, 0.29) is 11.9 Å². The van der Waals surface area contributed by atoms with Gasteiger partial charge in [0.2, 0.25) is 0 Å². The minimum atomic E-state index is -0.135. The molecule has 6 heteroatoms. The zero-order valence-corrected chi connectivity index (χ0v) is 13.0. The molecule has 2 rings (SSSR count). The largest absolute Gasteiger partial charge is 0.336 e. The molecule has 1 amide bonds. The Hall–Kier alpha value is -1.66. The second-order valence-electron chi connectivity index (χ2n) is 4.63. The number of aromatic nitrogens is 2. The normalized spacial score (nSPS) is 12.2. The molecule has 0 saturated heterocycles. The molecule has 20 heavy (non-hydrogen) atoms. The van der Waals surface area contributed by atoms with Crippen molar-refractivity contribution in [3.63, 3.8) is 0 Å². The lowest BCUT2D eigenvalue weighted by atomic mass is 10.1. The Balaban J connectivity index is 2.32. The van der Waals surface area contributed by atoms with Crippen LogP contribution in [0.15, 0.2) is 34.8 Å². The van der Waals surface area contributed by atoms with Crippen LogP contribution in [0.2, 0.25) is 0 Å². The predicted molar refractivity (Wildman–Crippen MR) is 82.3 cm³/mol. The van der Waals surface area contributed by atoms with Gasteiger partial charge in [-0.1, -0.05) is 30.3 Å². The van der Waals surface area contributed by atoms with E-state index >= 15 is 0 Å². The van der Waals surface area contributed by atoms with Gasteiger partial charge in [0.05, 0.1) is 4.47 Å². The standard InChI is InChI=1S/C14H17BrN4O/c1-9(8-16)19(2)14(20)13-11(15)12(17-18-13)10-6-4-3-5-7-10/h3-7,9H,8,16H2,1-2H3,(H,17,18). The first-order valence-corrected chi connectivity index (χ1v) is 7.12. The molecule has 0 aliphatic heterocycles. The molecule has 0 saturated carbocycles. The summed E-state index contributed by atoms with van der Waals surface area (Å²) in [6.45, 7) is 2.32. The van der Waals surface area contributed by atoms with E-state index in [1.165, 1.54) is 0 Å². The van der Waals surface area contributed by atoms with Gasteiger partial charge in [-0.25, -0.2) is 0 Å². The minimum Gasteiger partial charge on any atom is -0.336 e. The molecular formula is C14H17BrN4O. The number of hydrogen-bond acceptors (Lipinski definition) is 3. The molecule has 1 heterocycles. The van der Waals surface area contributed by atoms with Gasteiger partial charge in [-0.3, -0.25) is 9.89 Å². The highest BCUT2D eigenvalue weighted by Crippen LogP contribution is 2.29. The third-order valence-corrected chi connectivity index (χ3v) is 4.06. The molecule has 3 N–H and O–H groups in total. The van der Waals surface area contributed by atoms with E-state index in [4.69, 9.17) is 5.73 Å². The molecule has 2 aromatic rings. The smallest absolute Gasteiger partial charge is 0.273 e. The summed E-state index contributed by atoms with van der Waals surface area (Å²) in [5.41, 5.74) is 7.70. The fourth-order valence-corrected chi connectivity index (χ4v) is 2.37. The highest BCUT2D eigenvalue weighted by molar-refractivity contribution is 9.10. The second kappa shape index (κ2) is 6.19. The van der Waals surface area contributed by atoms with Crippen molar-refractivity contribution in [3.05, 3.63) is 40.5 Å². The van der Waals surface area contributed by atoms with Crippen LogP contribution in [0.5, 0.6) is 0 Å². The molecule has 0 bridgehead atoms. The first-order valence-electron chi connectivity index (χ1n) is 6.32. The second-order valence-corrected chi connectivity index (χ2v) is 5.42.